The number of esters is 1. The fourth-order valence-corrected chi connectivity index (χ4v) is 4.92. The second-order valence-corrected chi connectivity index (χ2v) is 7.08. The van der Waals surface area contributed by atoms with E-state index in [1.807, 2.05) is 0 Å². The number of epoxide rings is 1. The van der Waals surface area contributed by atoms with Gasteiger partial charge in [-0.25, -0.2) is 0 Å². The zero-order valence-corrected chi connectivity index (χ0v) is 11.3. The first-order chi connectivity index (χ1) is 8.40. The van der Waals surface area contributed by atoms with E-state index < -0.39 is 5.79 Å². The van der Waals surface area contributed by atoms with Gasteiger partial charge in [0.1, 0.15) is 0 Å². The lowest BCUT2D eigenvalue weighted by molar-refractivity contribution is -0.157. The summed E-state index contributed by atoms with van der Waals surface area (Å²) >= 11 is 0. The third kappa shape index (κ3) is 1.00. The van der Waals surface area contributed by atoms with Crippen LogP contribution in [0.5, 0.6) is 0 Å². The second-order valence-electron chi connectivity index (χ2n) is 7.08. The van der Waals surface area contributed by atoms with Gasteiger partial charge in [-0.3, -0.25) is 4.79 Å². The summed E-state index contributed by atoms with van der Waals surface area (Å²) < 4.78 is 11.6. The van der Waals surface area contributed by atoms with Crippen LogP contribution in [-0.4, -0.2) is 17.4 Å². The molecule has 0 aromatic carbocycles. The molecular formula is C15H20O3. The number of hydrogen-bond donors (Lipinski definition) is 0. The molecule has 2 aliphatic carbocycles. The Kier molecular flexibility index (Phi) is 1.74. The van der Waals surface area contributed by atoms with Crippen molar-refractivity contribution in [2.24, 2.45) is 17.3 Å². The van der Waals surface area contributed by atoms with Gasteiger partial charge in [-0.2, -0.15) is 0 Å². The van der Waals surface area contributed by atoms with Gasteiger partial charge in [0.05, 0.1) is 6.42 Å². The fraction of sp³-hybridized carbons (Fsp3) is 0.800. The molecule has 0 N–H and O–H groups in total. The monoisotopic (exact) mass is 248 g/mol. The van der Waals surface area contributed by atoms with E-state index in [1.54, 1.807) is 0 Å². The summed E-state index contributed by atoms with van der Waals surface area (Å²) in [5.41, 5.74) is 1.18. The lowest BCUT2D eigenvalue weighted by Crippen LogP contribution is -2.51. The van der Waals surface area contributed by atoms with Crippen molar-refractivity contribution in [3.63, 3.8) is 0 Å². The minimum Gasteiger partial charge on any atom is -0.430 e. The van der Waals surface area contributed by atoms with Gasteiger partial charge in [0.15, 0.2) is 5.60 Å². The van der Waals surface area contributed by atoms with Crippen LogP contribution in [0.4, 0.5) is 0 Å². The van der Waals surface area contributed by atoms with Crippen molar-refractivity contribution in [2.75, 3.05) is 0 Å². The number of fused-ring (bicyclic) bond motifs is 1. The Hall–Kier alpha value is -0.830. The van der Waals surface area contributed by atoms with Crippen LogP contribution in [-0.2, 0) is 14.3 Å². The Bertz CT molecular complexity index is 478. The quantitative estimate of drug-likeness (QED) is 0.376. The van der Waals surface area contributed by atoms with E-state index in [2.05, 4.69) is 26.8 Å². The van der Waals surface area contributed by atoms with Crippen LogP contribution in [0.25, 0.3) is 0 Å². The highest BCUT2D eigenvalue weighted by Gasteiger charge is 2.86. The zero-order valence-electron chi connectivity index (χ0n) is 11.3. The average molecular weight is 248 g/mol. The highest BCUT2D eigenvalue weighted by atomic mass is 16.8. The van der Waals surface area contributed by atoms with E-state index in [9.17, 15) is 4.79 Å². The van der Waals surface area contributed by atoms with Crippen LogP contribution in [0.15, 0.2) is 11.6 Å². The molecule has 0 unspecified atom stereocenters. The van der Waals surface area contributed by atoms with E-state index in [-0.39, 0.29) is 17.0 Å². The highest BCUT2D eigenvalue weighted by molar-refractivity contribution is 5.77. The largest absolute Gasteiger partial charge is 0.430 e. The lowest BCUT2D eigenvalue weighted by Gasteiger charge is -2.47. The molecule has 3 nitrogen and oxygen atoms in total. The molecule has 0 aromatic heterocycles. The van der Waals surface area contributed by atoms with Gasteiger partial charge in [0.2, 0.25) is 5.79 Å². The van der Waals surface area contributed by atoms with Gasteiger partial charge in [-0.1, -0.05) is 25.5 Å². The van der Waals surface area contributed by atoms with E-state index >= 15 is 0 Å². The minimum atomic E-state index is -0.580. The number of carbonyl (C=O) groups excluding carboxylic acids is 1. The summed E-state index contributed by atoms with van der Waals surface area (Å²) in [6.45, 7) is 6.74. The lowest BCUT2D eigenvalue weighted by atomic mass is 9.54. The number of ether oxygens (including phenoxy) is 2. The first kappa shape index (κ1) is 11.0. The molecule has 4 rings (SSSR count). The molecule has 1 saturated carbocycles. The maximum atomic E-state index is 11.7. The Morgan fingerprint density at radius 1 is 1.39 bits per heavy atom. The SMILES string of the molecule is CC1=C[C@@H]2C[C@@]34OC(=O)C[C@@]3(O4)C(C)(C)[C@@H]2CC1. The van der Waals surface area contributed by atoms with Crippen LogP contribution in [0.2, 0.25) is 0 Å². The standard InChI is InChI=1S/C15H20O3/c1-9-4-5-11-10(6-9)7-15-14(18-15,13(11,2)3)8-12(16)17-15/h6,10-11H,4-5,7-8H2,1-3H3/t10-,11-,14-,15+/m1/s1. The molecule has 0 aromatic rings. The second kappa shape index (κ2) is 2.84. The maximum absolute atomic E-state index is 11.7. The molecule has 2 aliphatic heterocycles. The molecule has 3 heteroatoms. The van der Waals surface area contributed by atoms with Gasteiger partial charge in [0.25, 0.3) is 0 Å². The molecule has 4 atom stereocenters. The van der Waals surface area contributed by atoms with Crippen molar-refractivity contribution >= 4 is 5.97 Å². The van der Waals surface area contributed by atoms with E-state index in [4.69, 9.17) is 9.47 Å². The summed E-state index contributed by atoms with van der Waals surface area (Å²) in [6, 6.07) is 0. The van der Waals surface area contributed by atoms with Crippen molar-refractivity contribution in [3.8, 4) is 0 Å². The summed E-state index contributed by atoms with van der Waals surface area (Å²) in [5, 5.41) is 0. The zero-order chi connectivity index (χ0) is 12.8. The summed E-state index contributed by atoms with van der Waals surface area (Å²) in [7, 11) is 0. The smallest absolute Gasteiger partial charge is 0.311 e. The normalized spacial score (nSPS) is 51.7. The Labute approximate surface area is 108 Å². The van der Waals surface area contributed by atoms with Crippen molar-refractivity contribution < 1.29 is 14.3 Å². The molecule has 0 radical (unpaired) electrons. The first-order valence-corrected chi connectivity index (χ1v) is 7.00. The first-order valence-electron chi connectivity index (χ1n) is 7.00. The molecule has 0 bridgehead atoms. The predicted molar refractivity (Wildman–Crippen MR) is 65.6 cm³/mol. The van der Waals surface area contributed by atoms with Crippen molar-refractivity contribution in [2.45, 2.75) is 57.8 Å². The van der Waals surface area contributed by atoms with Crippen LogP contribution < -0.4 is 0 Å². The third-order valence-electron chi connectivity index (χ3n) is 5.92. The van der Waals surface area contributed by atoms with Gasteiger partial charge >= 0.3 is 5.97 Å². The van der Waals surface area contributed by atoms with Crippen LogP contribution in [0.3, 0.4) is 0 Å². The van der Waals surface area contributed by atoms with Gasteiger partial charge in [-0.05, 0) is 31.6 Å². The van der Waals surface area contributed by atoms with Crippen LogP contribution in [0, 0.1) is 17.3 Å². The molecule has 98 valence electrons. The predicted octanol–water partition coefficient (Wildman–Crippen LogP) is 2.80. The molecule has 2 heterocycles. The van der Waals surface area contributed by atoms with Crippen molar-refractivity contribution in [1.29, 1.82) is 0 Å². The number of hydrogen-bond acceptors (Lipinski definition) is 3. The minimum absolute atomic E-state index is 0.0271. The fourth-order valence-electron chi connectivity index (χ4n) is 4.92. The highest BCUT2D eigenvalue weighted by Crippen LogP contribution is 2.74. The van der Waals surface area contributed by atoms with E-state index in [0.29, 0.717) is 18.3 Å². The number of rotatable bonds is 0. The summed E-state index contributed by atoms with van der Waals surface area (Å²) in [5.74, 6) is 0.471. The summed E-state index contributed by atoms with van der Waals surface area (Å²) in [4.78, 5) is 11.7. The topological polar surface area (TPSA) is 38.8 Å². The van der Waals surface area contributed by atoms with Crippen LogP contribution in [0.1, 0.15) is 46.5 Å². The third-order valence-corrected chi connectivity index (χ3v) is 5.92. The Balaban J connectivity index is 1.80. The maximum Gasteiger partial charge on any atom is 0.311 e. The molecule has 0 spiro atoms. The molecule has 4 aliphatic rings. The van der Waals surface area contributed by atoms with Crippen molar-refractivity contribution in [1.82, 2.24) is 0 Å². The molecular weight excluding hydrogens is 228 g/mol. The van der Waals surface area contributed by atoms with E-state index in [0.717, 1.165) is 6.42 Å². The number of allylic oxidation sites excluding steroid dienone is 2. The number of carbonyl (C=O) groups is 1. The van der Waals surface area contributed by atoms with Gasteiger partial charge in [0, 0.05) is 11.8 Å². The Morgan fingerprint density at radius 3 is 2.94 bits per heavy atom. The van der Waals surface area contributed by atoms with E-state index in [1.165, 1.54) is 18.4 Å². The van der Waals surface area contributed by atoms with Crippen molar-refractivity contribution in [3.05, 3.63) is 11.6 Å². The van der Waals surface area contributed by atoms with Crippen LogP contribution >= 0.6 is 0 Å². The molecule has 18 heavy (non-hydrogen) atoms. The Morgan fingerprint density at radius 2 is 2.17 bits per heavy atom. The van der Waals surface area contributed by atoms with Gasteiger partial charge in [-0.15, -0.1) is 0 Å². The average Bonchev–Trinajstić information content (AvgIpc) is 2.76. The molecule has 2 saturated heterocycles. The molecule has 0 amide bonds. The summed E-state index contributed by atoms with van der Waals surface area (Å²) in [6.07, 6.45) is 6.11. The van der Waals surface area contributed by atoms with Gasteiger partial charge < -0.3 is 9.47 Å². The molecule has 3 fully saturated rings.